The number of aryl methyl sites for hydroxylation is 2. The summed E-state index contributed by atoms with van der Waals surface area (Å²) in [7, 11) is 1.84. The van der Waals surface area contributed by atoms with Crippen LogP contribution in [0.4, 0.5) is 5.69 Å². The Hall–Kier alpha value is -2.07. The van der Waals surface area contributed by atoms with E-state index in [4.69, 9.17) is 4.74 Å². The average Bonchev–Trinajstić information content (AvgIpc) is 3.28. The van der Waals surface area contributed by atoms with Crippen LogP contribution in [-0.4, -0.2) is 48.4 Å². The van der Waals surface area contributed by atoms with Gasteiger partial charge in [-0.15, -0.1) is 5.10 Å². The summed E-state index contributed by atoms with van der Waals surface area (Å²) in [6.45, 7) is 6.72. The molecule has 0 saturated carbocycles. The standard InChI is InChI=1S/C16H24N6O3S/c1-9-13(10(2)21(4)20-9)17-14(23)11(3)26-16-19-18-15(24)22(16)8-12-6-5-7-25-12/h11-12H,5-8H2,1-4H3,(H,17,23)(H,18,24)/t11-,12-/m0/s1. The molecule has 3 heterocycles. The van der Waals surface area contributed by atoms with Crippen LogP contribution in [0.1, 0.15) is 31.2 Å². The highest BCUT2D eigenvalue weighted by Gasteiger charge is 2.24. The highest BCUT2D eigenvalue weighted by Crippen LogP contribution is 2.24. The second-order valence-corrected chi connectivity index (χ2v) is 7.78. The SMILES string of the molecule is Cc1nn(C)c(C)c1NC(=O)[C@H](C)Sc1n[nH]c(=O)n1C[C@@H]1CCCO1. The van der Waals surface area contributed by atoms with Gasteiger partial charge in [0.15, 0.2) is 5.16 Å². The number of carbonyl (C=O) groups excluding carboxylic acids is 1. The fourth-order valence-corrected chi connectivity index (χ4v) is 3.80. The molecule has 10 heteroatoms. The Balaban J connectivity index is 1.68. The quantitative estimate of drug-likeness (QED) is 0.730. The molecule has 2 atom stereocenters. The normalized spacial score (nSPS) is 18.2. The van der Waals surface area contributed by atoms with Gasteiger partial charge in [-0.1, -0.05) is 11.8 Å². The Morgan fingerprint density at radius 3 is 2.88 bits per heavy atom. The minimum absolute atomic E-state index is 0.0227. The number of ether oxygens (including phenoxy) is 1. The minimum Gasteiger partial charge on any atom is -0.376 e. The molecule has 2 aromatic heterocycles. The second kappa shape index (κ2) is 7.67. The fraction of sp³-hybridized carbons (Fsp3) is 0.625. The van der Waals surface area contributed by atoms with E-state index >= 15 is 0 Å². The van der Waals surface area contributed by atoms with Crippen LogP contribution >= 0.6 is 11.8 Å². The summed E-state index contributed by atoms with van der Waals surface area (Å²) in [6, 6.07) is 0. The van der Waals surface area contributed by atoms with Crippen LogP contribution in [0.3, 0.4) is 0 Å². The highest BCUT2D eigenvalue weighted by atomic mass is 32.2. The second-order valence-electron chi connectivity index (χ2n) is 6.48. The van der Waals surface area contributed by atoms with Crippen molar-refractivity contribution < 1.29 is 9.53 Å². The van der Waals surface area contributed by atoms with Crippen LogP contribution in [-0.2, 0) is 23.1 Å². The van der Waals surface area contributed by atoms with Crippen molar-refractivity contribution in [3.8, 4) is 0 Å². The monoisotopic (exact) mass is 380 g/mol. The van der Waals surface area contributed by atoms with Gasteiger partial charge < -0.3 is 10.1 Å². The number of amides is 1. The van der Waals surface area contributed by atoms with Gasteiger partial charge in [0.05, 0.1) is 35.0 Å². The lowest BCUT2D eigenvalue weighted by Crippen LogP contribution is -2.27. The number of hydrogen-bond acceptors (Lipinski definition) is 6. The third-order valence-corrected chi connectivity index (χ3v) is 5.63. The van der Waals surface area contributed by atoms with Crippen LogP contribution in [0, 0.1) is 13.8 Å². The number of nitrogens with zero attached hydrogens (tertiary/aromatic N) is 4. The van der Waals surface area contributed by atoms with E-state index in [-0.39, 0.29) is 17.7 Å². The van der Waals surface area contributed by atoms with Crippen molar-refractivity contribution in [2.45, 2.75) is 56.7 Å². The van der Waals surface area contributed by atoms with Gasteiger partial charge >= 0.3 is 5.69 Å². The summed E-state index contributed by atoms with van der Waals surface area (Å²) in [4.78, 5) is 24.6. The molecule has 142 valence electrons. The van der Waals surface area contributed by atoms with Crippen LogP contribution in [0.15, 0.2) is 9.95 Å². The van der Waals surface area contributed by atoms with Crippen molar-refractivity contribution in [3.63, 3.8) is 0 Å². The predicted octanol–water partition coefficient (Wildman–Crippen LogP) is 1.22. The molecule has 26 heavy (non-hydrogen) atoms. The van der Waals surface area contributed by atoms with E-state index in [1.807, 2.05) is 20.9 Å². The maximum Gasteiger partial charge on any atom is 0.344 e. The van der Waals surface area contributed by atoms with Crippen LogP contribution in [0.5, 0.6) is 0 Å². The fourth-order valence-electron chi connectivity index (χ4n) is 2.94. The number of rotatable bonds is 6. The number of hydrogen-bond donors (Lipinski definition) is 2. The van der Waals surface area contributed by atoms with Gasteiger partial charge in [-0.3, -0.25) is 14.0 Å². The first-order valence-electron chi connectivity index (χ1n) is 8.61. The van der Waals surface area contributed by atoms with E-state index in [0.717, 1.165) is 36.5 Å². The number of thioether (sulfide) groups is 1. The number of H-pyrrole nitrogens is 1. The topological polar surface area (TPSA) is 107 Å². The Morgan fingerprint density at radius 2 is 2.27 bits per heavy atom. The first-order valence-corrected chi connectivity index (χ1v) is 9.49. The zero-order chi connectivity index (χ0) is 18.8. The van der Waals surface area contributed by atoms with Gasteiger partial charge in [-0.25, -0.2) is 9.89 Å². The van der Waals surface area contributed by atoms with Crippen LogP contribution in [0.2, 0.25) is 0 Å². The van der Waals surface area contributed by atoms with Gasteiger partial charge in [0.2, 0.25) is 5.91 Å². The predicted molar refractivity (Wildman–Crippen MR) is 98.5 cm³/mol. The molecular weight excluding hydrogens is 356 g/mol. The van der Waals surface area contributed by atoms with Crippen molar-refractivity contribution in [2.24, 2.45) is 7.05 Å². The zero-order valence-corrected chi connectivity index (χ0v) is 16.2. The molecule has 1 aliphatic rings. The number of anilines is 1. The number of aromatic amines is 1. The molecule has 0 radical (unpaired) electrons. The van der Waals surface area contributed by atoms with Gasteiger partial charge in [0, 0.05) is 13.7 Å². The molecule has 1 saturated heterocycles. The lowest BCUT2D eigenvalue weighted by atomic mass is 10.2. The molecule has 1 amide bonds. The largest absolute Gasteiger partial charge is 0.376 e. The smallest absolute Gasteiger partial charge is 0.344 e. The van der Waals surface area contributed by atoms with Crippen molar-refractivity contribution in [3.05, 3.63) is 21.9 Å². The van der Waals surface area contributed by atoms with Gasteiger partial charge in [-0.05, 0) is 33.6 Å². The van der Waals surface area contributed by atoms with E-state index in [9.17, 15) is 9.59 Å². The van der Waals surface area contributed by atoms with E-state index in [1.165, 1.54) is 11.8 Å². The highest BCUT2D eigenvalue weighted by molar-refractivity contribution is 8.00. The molecule has 1 fully saturated rings. The van der Waals surface area contributed by atoms with Crippen molar-refractivity contribution in [2.75, 3.05) is 11.9 Å². The zero-order valence-electron chi connectivity index (χ0n) is 15.4. The van der Waals surface area contributed by atoms with Gasteiger partial charge in [0.1, 0.15) is 0 Å². The van der Waals surface area contributed by atoms with Crippen LogP contribution < -0.4 is 11.0 Å². The van der Waals surface area contributed by atoms with Crippen molar-refractivity contribution in [1.82, 2.24) is 24.5 Å². The Morgan fingerprint density at radius 1 is 1.50 bits per heavy atom. The van der Waals surface area contributed by atoms with Gasteiger partial charge in [0.25, 0.3) is 0 Å². The van der Waals surface area contributed by atoms with Crippen molar-refractivity contribution in [1.29, 1.82) is 0 Å². The maximum atomic E-state index is 12.6. The lowest BCUT2D eigenvalue weighted by Gasteiger charge is -2.14. The van der Waals surface area contributed by atoms with E-state index in [1.54, 1.807) is 16.2 Å². The van der Waals surface area contributed by atoms with Crippen molar-refractivity contribution >= 4 is 23.4 Å². The maximum absolute atomic E-state index is 12.6. The molecule has 1 aliphatic heterocycles. The van der Waals surface area contributed by atoms with Crippen LogP contribution in [0.25, 0.3) is 0 Å². The summed E-state index contributed by atoms with van der Waals surface area (Å²) in [6.07, 6.45) is 1.95. The summed E-state index contributed by atoms with van der Waals surface area (Å²) in [5.41, 5.74) is 2.10. The Labute approximate surface area is 155 Å². The van der Waals surface area contributed by atoms with E-state index in [0.29, 0.717) is 11.7 Å². The third-order valence-electron chi connectivity index (χ3n) is 4.54. The summed E-state index contributed by atoms with van der Waals surface area (Å²) in [5, 5.41) is 13.8. The van der Waals surface area contributed by atoms with Gasteiger partial charge in [-0.2, -0.15) is 5.10 Å². The Kier molecular flexibility index (Phi) is 5.52. The molecule has 0 aliphatic carbocycles. The Bertz CT molecular complexity index is 849. The molecule has 2 aromatic rings. The lowest BCUT2D eigenvalue weighted by molar-refractivity contribution is -0.115. The minimum atomic E-state index is -0.424. The molecule has 0 spiro atoms. The molecule has 9 nitrogen and oxygen atoms in total. The first kappa shape index (κ1) is 18.7. The summed E-state index contributed by atoms with van der Waals surface area (Å²) in [5.74, 6) is -0.159. The molecule has 2 N–H and O–H groups in total. The number of carbonyl (C=O) groups is 1. The number of aromatic nitrogens is 5. The first-order chi connectivity index (χ1) is 12.4. The summed E-state index contributed by atoms with van der Waals surface area (Å²) >= 11 is 1.25. The summed E-state index contributed by atoms with van der Waals surface area (Å²) < 4.78 is 8.88. The molecule has 0 bridgehead atoms. The number of nitrogens with one attached hydrogen (secondary N) is 2. The molecule has 3 rings (SSSR count). The molecule has 0 aromatic carbocycles. The molecular formula is C16H24N6O3S. The van der Waals surface area contributed by atoms with E-state index in [2.05, 4.69) is 20.6 Å². The van der Waals surface area contributed by atoms with E-state index < -0.39 is 5.25 Å². The average molecular weight is 380 g/mol. The molecule has 0 unspecified atom stereocenters. The third kappa shape index (κ3) is 3.85.